The maximum atomic E-state index is 14.1. The van der Waals surface area contributed by atoms with Crippen molar-refractivity contribution in [3.8, 4) is 0 Å². The molecule has 5 aliphatic carbocycles. The van der Waals surface area contributed by atoms with E-state index in [0.29, 0.717) is 12.8 Å². The first-order chi connectivity index (χ1) is 22.3. The molecule has 4 N–H and O–H groups in total. The number of ether oxygens (including phenoxy) is 3. The predicted octanol–water partition coefficient (Wildman–Crippen LogP) is 2.79. The zero-order valence-electron chi connectivity index (χ0n) is 29.6. The standard InChI is InChI=1S/C37H56O11/c1-18(15-46-16-24(41)14-38)19(2)30(43)32(48-23(6)40)21(4)28-26(47-22(5)39)13-35(8)27-10-9-25-20(3)29(42)31(44)33(45)37(25)17-36(27,37)12-11-34(28,35)7/h18,20-21,24-28,31-33,38,41,44-45H,2,9-17H2,1,3-8H3/t18-,20-,21-,24?,25-,26-,27-,28-,31?,32+,33?,34+,35-,36-,37+/m0/s1. The van der Waals surface area contributed by atoms with Gasteiger partial charge in [-0.15, -0.1) is 0 Å². The van der Waals surface area contributed by atoms with Gasteiger partial charge in [0, 0.05) is 42.9 Å². The van der Waals surface area contributed by atoms with Gasteiger partial charge in [-0.3, -0.25) is 19.2 Å². The Labute approximate surface area is 283 Å². The molecule has 2 spiro atoms. The number of Topliss-reactive ketones (excluding diaryl/α,β-unsaturated/α-hetero) is 2. The molecule has 5 saturated carbocycles. The largest absolute Gasteiger partial charge is 0.462 e. The third-order valence-electron chi connectivity index (χ3n) is 14.3. The molecule has 0 aliphatic heterocycles. The molecule has 5 rings (SSSR count). The van der Waals surface area contributed by atoms with E-state index < -0.39 is 77.5 Å². The van der Waals surface area contributed by atoms with Gasteiger partial charge in [0.05, 0.1) is 25.9 Å². The van der Waals surface area contributed by atoms with Crippen LogP contribution < -0.4 is 0 Å². The van der Waals surface area contributed by atoms with Gasteiger partial charge in [0.1, 0.15) is 18.3 Å². The Balaban J connectivity index is 1.47. The van der Waals surface area contributed by atoms with Gasteiger partial charge in [-0.1, -0.05) is 41.2 Å². The van der Waals surface area contributed by atoms with Crippen molar-refractivity contribution >= 4 is 23.5 Å². The number of ketones is 2. The molecule has 11 nitrogen and oxygen atoms in total. The summed E-state index contributed by atoms with van der Waals surface area (Å²) in [5.74, 6) is -3.35. The van der Waals surface area contributed by atoms with Gasteiger partial charge in [-0.2, -0.15) is 0 Å². The van der Waals surface area contributed by atoms with Crippen molar-refractivity contribution in [3.63, 3.8) is 0 Å². The average Bonchev–Trinajstić information content (AvgIpc) is 3.66. The molecule has 0 radical (unpaired) electrons. The quantitative estimate of drug-likeness (QED) is 0.177. The van der Waals surface area contributed by atoms with E-state index in [1.807, 2.05) is 13.8 Å². The summed E-state index contributed by atoms with van der Waals surface area (Å²) in [7, 11) is 0. The molecule has 0 heterocycles. The second-order valence-corrected chi connectivity index (χ2v) is 16.5. The molecular weight excluding hydrogens is 620 g/mol. The molecule has 5 fully saturated rings. The van der Waals surface area contributed by atoms with E-state index in [9.17, 15) is 34.5 Å². The van der Waals surface area contributed by atoms with E-state index in [2.05, 4.69) is 20.4 Å². The van der Waals surface area contributed by atoms with Crippen LogP contribution in [0.4, 0.5) is 0 Å². The second kappa shape index (κ2) is 12.9. The van der Waals surface area contributed by atoms with Gasteiger partial charge in [0.25, 0.3) is 0 Å². The molecule has 11 heteroatoms. The summed E-state index contributed by atoms with van der Waals surface area (Å²) < 4.78 is 17.4. The van der Waals surface area contributed by atoms with Crippen molar-refractivity contribution in [1.29, 1.82) is 0 Å². The monoisotopic (exact) mass is 676 g/mol. The molecule has 0 amide bonds. The summed E-state index contributed by atoms with van der Waals surface area (Å²) >= 11 is 0. The zero-order valence-corrected chi connectivity index (χ0v) is 29.6. The third kappa shape index (κ3) is 5.33. The first-order valence-electron chi connectivity index (χ1n) is 17.7. The Kier molecular flexibility index (Phi) is 9.93. The fourth-order valence-electron chi connectivity index (χ4n) is 12.0. The van der Waals surface area contributed by atoms with Gasteiger partial charge in [-0.25, -0.2) is 0 Å². The van der Waals surface area contributed by atoms with Crippen molar-refractivity contribution in [3.05, 3.63) is 12.2 Å². The molecule has 0 aromatic carbocycles. The van der Waals surface area contributed by atoms with E-state index in [1.165, 1.54) is 13.8 Å². The van der Waals surface area contributed by atoms with Crippen LogP contribution in [0, 0.1) is 57.2 Å². The predicted molar refractivity (Wildman–Crippen MR) is 173 cm³/mol. The number of rotatable bonds is 12. The zero-order chi connectivity index (χ0) is 35.7. The minimum atomic E-state index is -1.39. The lowest BCUT2D eigenvalue weighted by Gasteiger charge is -2.62. The molecule has 0 bridgehead atoms. The molecule has 0 aromatic heterocycles. The Morgan fingerprint density at radius 1 is 1.02 bits per heavy atom. The van der Waals surface area contributed by atoms with Crippen LogP contribution in [0.5, 0.6) is 0 Å². The first-order valence-corrected chi connectivity index (χ1v) is 17.7. The highest BCUT2D eigenvalue weighted by Crippen LogP contribution is 2.88. The minimum Gasteiger partial charge on any atom is -0.462 e. The SMILES string of the molecule is C=C(C(=O)[C@H](OC(C)=O)[C@@H](C)[C@H]1[C@@H](OC(C)=O)C[C@@]2(C)[C@@H]3CC[C@H]4[C@H](C)C(=O)C(O)C(O)[C@@]45C[C@@]35CC[C@]12C)[C@@H](C)COCC(O)CO. The van der Waals surface area contributed by atoms with Crippen LogP contribution in [0.3, 0.4) is 0 Å². The minimum absolute atomic E-state index is 0.00264. The number of aliphatic hydroxyl groups excluding tert-OH is 4. The highest BCUT2D eigenvalue weighted by Gasteiger charge is 2.85. The van der Waals surface area contributed by atoms with Gasteiger partial charge in [-0.05, 0) is 72.2 Å². The lowest BCUT2D eigenvalue weighted by Crippen LogP contribution is -2.62. The third-order valence-corrected chi connectivity index (χ3v) is 14.3. The summed E-state index contributed by atoms with van der Waals surface area (Å²) in [4.78, 5) is 52.1. The molecule has 270 valence electrons. The van der Waals surface area contributed by atoms with Crippen LogP contribution in [0.1, 0.15) is 87.0 Å². The normalized spacial score (nSPS) is 43.7. The number of aliphatic hydroxyl groups is 4. The number of esters is 2. The van der Waals surface area contributed by atoms with Gasteiger partial charge in [0.15, 0.2) is 17.7 Å². The van der Waals surface area contributed by atoms with Gasteiger partial charge < -0.3 is 34.6 Å². The molecule has 0 saturated heterocycles. The highest BCUT2D eigenvalue weighted by molar-refractivity contribution is 5.99. The number of carbonyl (C=O) groups excluding carboxylic acids is 4. The van der Waals surface area contributed by atoms with Crippen molar-refractivity contribution < 1.29 is 53.8 Å². The molecule has 3 unspecified atom stereocenters. The van der Waals surface area contributed by atoms with E-state index in [1.54, 1.807) is 6.92 Å². The van der Waals surface area contributed by atoms with E-state index in [4.69, 9.17) is 19.3 Å². The van der Waals surface area contributed by atoms with Crippen molar-refractivity contribution in [1.82, 2.24) is 0 Å². The summed E-state index contributed by atoms with van der Waals surface area (Å²) in [6.45, 7) is 16.1. The molecule has 15 atom stereocenters. The van der Waals surface area contributed by atoms with Gasteiger partial charge in [0.2, 0.25) is 0 Å². The summed E-state index contributed by atoms with van der Waals surface area (Å²) in [6, 6.07) is 0. The van der Waals surface area contributed by atoms with Crippen LogP contribution in [-0.4, -0.2) is 94.3 Å². The summed E-state index contributed by atoms with van der Waals surface area (Å²) in [6.07, 6.45) is -0.917. The fourth-order valence-corrected chi connectivity index (χ4v) is 12.0. The maximum absolute atomic E-state index is 14.1. The maximum Gasteiger partial charge on any atom is 0.303 e. The lowest BCUT2D eigenvalue weighted by atomic mass is 9.42. The Hall–Kier alpha value is -2.18. The van der Waals surface area contributed by atoms with Crippen LogP contribution in [0.15, 0.2) is 12.2 Å². The molecule has 5 aliphatic rings. The van der Waals surface area contributed by atoms with E-state index >= 15 is 0 Å². The lowest BCUT2D eigenvalue weighted by molar-refractivity contribution is -0.187. The highest BCUT2D eigenvalue weighted by atomic mass is 16.6. The molecule has 48 heavy (non-hydrogen) atoms. The van der Waals surface area contributed by atoms with Crippen molar-refractivity contribution in [2.45, 2.75) is 118 Å². The van der Waals surface area contributed by atoms with E-state index in [-0.39, 0.29) is 59.1 Å². The van der Waals surface area contributed by atoms with Crippen LogP contribution >= 0.6 is 0 Å². The van der Waals surface area contributed by atoms with Crippen LogP contribution in [0.2, 0.25) is 0 Å². The smallest absolute Gasteiger partial charge is 0.303 e. The number of hydrogen-bond donors (Lipinski definition) is 4. The number of carbonyl (C=O) groups is 4. The summed E-state index contributed by atoms with van der Waals surface area (Å²) in [5.41, 5.74) is -1.42. The van der Waals surface area contributed by atoms with Crippen LogP contribution in [0.25, 0.3) is 0 Å². The topological polar surface area (TPSA) is 177 Å². The van der Waals surface area contributed by atoms with E-state index in [0.717, 1.165) is 25.7 Å². The number of hydrogen-bond acceptors (Lipinski definition) is 11. The fraction of sp³-hybridized carbons (Fsp3) is 0.838. The van der Waals surface area contributed by atoms with Crippen molar-refractivity contribution in [2.75, 3.05) is 19.8 Å². The average molecular weight is 677 g/mol. The van der Waals surface area contributed by atoms with Crippen molar-refractivity contribution in [2.24, 2.45) is 57.2 Å². The first kappa shape index (κ1) is 37.1. The second-order valence-electron chi connectivity index (χ2n) is 16.5. The van der Waals surface area contributed by atoms with Crippen LogP contribution in [-0.2, 0) is 33.4 Å². The summed E-state index contributed by atoms with van der Waals surface area (Å²) in [5, 5.41) is 41.1. The molecule has 0 aromatic rings. The van der Waals surface area contributed by atoms with Gasteiger partial charge >= 0.3 is 11.9 Å². The Morgan fingerprint density at radius 3 is 2.29 bits per heavy atom. The Bertz CT molecular complexity index is 1330. The number of fused-ring (bicyclic) bond motifs is 2. The molecular formula is C37H56O11. The Morgan fingerprint density at radius 2 is 1.69 bits per heavy atom.